The molecule has 5 heteroatoms. The number of amides is 2. The fourth-order valence-electron chi connectivity index (χ4n) is 0.897. The number of nitrogens with zero attached hydrogens (tertiary/aromatic N) is 1. The Hall–Kier alpha value is -1.26. The van der Waals surface area contributed by atoms with Crippen LogP contribution in [0.4, 0.5) is 4.79 Å². The highest BCUT2D eigenvalue weighted by atomic mass is 16.4. The number of aliphatic carboxylic acids is 1. The van der Waals surface area contributed by atoms with Crippen LogP contribution >= 0.6 is 0 Å². The molecular weight excluding hydrogens is 172 g/mol. The molecule has 0 bridgehead atoms. The minimum atomic E-state index is -0.886. The van der Waals surface area contributed by atoms with Crippen LogP contribution < -0.4 is 5.32 Å². The van der Waals surface area contributed by atoms with Crippen LogP contribution in [0.2, 0.25) is 0 Å². The minimum absolute atomic E-state index is 0.00895. The number of hydrogen-bond donors (Lipinski definition) is 2. The molecule has 0 saturated carbocycles. The van der Waals surface area contributed by atoms with Crippen LogP contribution in [-0.2, 0) is 4.79 Å². The zero-order valence-corrected chi connectivity index (χ0v) is 8.04. The van der Waals surface area contributed by atoms with E-state index in [1.54, 1.807) is 0 Å². The summed E-state index contributed by atoms with van der Waals surface area (Å²) >= 11 is 0. The smallest absolute Gasteiger partial charge is 0.317 e. The molecule has 0 aromatic heterocycles. The van der Waals surface area contributed by atoms with Crippen molar-refractivity contribution in [3.8, 4) is 0 Å². The summed E-state index contributed by atoms with van der Waals surface area (Å²) in [6, 6.07) is -0.203. The second-order valence-electron chi connectivity index (χ2n) is 2.56. The Morgan fingerprint density at radius 3 is 2.38 bits per heavy atom. The molecule has 2 N–H and O–H groups in total. The summed E-state index contributed by atoms with van der Waals surface area (Å²) in [6.07, 6.45) is -0.00895. The van der Waals surface area contributed by atoms with Gasteiger partial charge in [0.25, 0.3) is 0 Å². The molecule has 0 atom stereocenters. The van der Waals surface area contributed by atoms with Gasteiger partial charge in [0, 0.05) is 19.6 Å². The number of rotatable bonds is 5. The molecule has 13 heavy (non-hydrogen) atoms. The Kier molecular flexibility index (Phi) is 5.67. The van der Waals surface area contributed by atoms with Gasteiger partial charge in [0.15, 0.2) is 0 Å². The predicted molar refractivity (Wildman–Crippen MR) is 48.6 cm³/mol. The number of carboxylic acid groups (broad SMARTS) is 1. The van der Waals surface area contributed by atoms with E-state index in [1.165, 1.54) is 4.90 Å². The van der Waals surface area contributed by atoms with Gasteiger partial charge in [0.1, 0.15) is 0 Å². The van der Waals surface area contributed by atoms with Crippen molar-refractivity contribution in [3.63, 3.8) is 0 Å². The summed E-state index contributed by atoms with van der Waals surface area (Å²) in [5.74, 6) is -0.886. The van der Waals surface area contributed by atoms with Gasteiger partial charge in [-0.1, -0.05) is 0 Å². The van der Waals surface area contributed by atoms with Crippen LogP contribution in [0, 0.1) is 0 Å². The first-order chi connectivity index (χ1) is 6.11. The molecule has 0 aliphatic rings. The maximum atomic E-state index is 11.2. The molecular formula is C8H16N2O3. The molecule has 0 heterocycles. The van der Waals surface area contributed by atoms with Gasteiger partial charge in [-0.25, -0.2) is 4.79 Å². The first-order valence-corrected chi connectivity index (χ1v) is 4.36. The molecule has 2 amide bonds. The van der Waals surface area contributed by atoms with Gasteiger partial charge in [-0.2, -0.15) is 0 Å². The van der Waals surface area contributed by atoms with Gasteiger partial charge in [-0.3, -0.25) is 4.79 Å². The second kappa shape index (κ2) is 6.28. The molecule has 0 aromatic rings. The van der Waals surface area contributed by atoms with Crippen molar-refractivity contribution < 1.29 is 14.7 Å². The summed E-state index contributed by atoms with van der Waals surface area (Å²) < 4.78 is 0. The molecule has 5 nitrogen and oxygen atoms in total. The van der Waals surface area contributed by atoms with Crippen molar-refractivity contribution in [2.24, 2.45) is 0 Å². The Morgan fingerprint density at radius 2 is 2.00 bits per heavy atom. The fourth-order valence-corrected chi connectivity index (χ4v) is 0.897. The van der Waals surface area contributed by atoms with Crippen molar-refractivity contribution in [2.45, 2.75) is 20.3 Å². The summed E-state index contributed by atoms with van der Waals surface area (Å²) in [5, 5.41) is 11.0. The Balaban J connectivity index is 3.87. The number of carbonyl (C=O) groups excluding carboxylic acids is 1. The summed E-state index contributed by atoms with van der Waals surface area (Å²) in [5.41, 5.74) is 0. The van der Waals surface area contributed by atoms with Crippen molar-refractivity contribution in [1.82, 2.24) is 10.2 Å². The summed E-state index contributed by atoms with van der Waals surface area (Å²) in [7, 11) is 0. The Labute approximate surface area is 77.7 Å². The van der Waals surface area contributed by atoms with Crippen LogP contribution in [0.15, 0.2) is 0 Å². The second-order valence-corrected chi connectivity index (χ2v) is 2.56. The van der Waals surface area contributed by atoms with Gasteiger partial charge in [0.2, 0.25) is 0 Å². The van der Waals surface area contributed by atoms with Crippen molar-refractivity contribution in [2.75, 3.05) is 19.6 Å². The van der Waals surface area contributed by atoms with Gasteiger partial charge in [-0.15, -0.1) is 0 Å². The number of carbonyl (C=O) groups is 2. The zero-order chi connectivity index (χ0) is 10.3. The lowest BCUT2D eigenvalue weighted by Gasteiger charge is -2.19. The highest BCUT2D eigenvalue weighted by molar-refractivity contribution is 5.75. The van der Waals surface area contributed by atoms with Crippen LogP contribution in [0.25, 0.3) is 0 Å². The van der Waals surface area contributed by atoms with E-state index in [9.17, 15) is 9.59 Å². The maximum absolute atomic E-state index is 11.2. The number of carboxylic acids is 1. The normalized spacial score (nSPS) is 9.38. The molecule has 0 aliphatic heterocycles. The van der Waals surface area contributed by atoms with Gasteiger partial charge in [-0.05, 0) is 13.8 Å². The lowest BCUT2D eigenvalue weighted by molar-refractivity contribution is -0.137. The summed E-state index contributed by atoms with van der Waals surface area (Å²) in [4.78, 5) is 22.9. The summed E-state index contributed by atoms with van der Waals surface area (Å²) in [6.45, 7) is 4.99. The predicted octanol–water partition coefficient (Wildman–Crippen LogP) is 0.513. The number of nitrogens with one attached hydrogen (secondary N) is 1. The molecule has 0 fully saturated rings. The van der Waals surface area contributed by atoms with E-state index in [4.69, 9.17) is 5.11 Å². The van der Waals surface area contributed by atoms with E-state index in [0.29, 0.717) is 13.1 Å². The van der Waals surface area contributed by atoms with E-state index in [1.807, 2.05) is 13.8 Å². The lowest BCUT2D eigenvalue weighted by atomic mass is 10.4. The van der Waals surface area contributed by atoms with E-state index >= 15 is 0 Å². The average molecular weight is 188 g/mol. The molecule has 0 aromatic carbocycles. The Bertz CT molecular complexity index is 182. The van der Waals surface area contributed by atoms with Gasteiger partial charge in [0.05, 0.1) is 6.42 Å². The van der Waals surface area contributed by atoms with Gasteiger partial charge >= 0.3 is 12.0 Å². The highest BCUT2D eigenvalue weighted by Crippen LogP contribution is 1.92. The molecule has 0 unspecified atom stereocenters. The molecule has 0 spiro atoms. The molecule has 0 rings (SSSR count). The van der Waals surface area contributed by atoms with Crippen LogP contribution in [0.5, 0.6) is 0 Å². The third-order valence-electron chi connectivity index (χ3n) is 1.59. The topological polar surface area (TPSA) is 69.6 Å². The largest absolute Gasteiger partial charge is 0.481 e. The van der Waals surface area contributed by atoms with Crippen molar-refractivity contribution in [3.05, 3.63) is 0 Å². The SMILES string of the molecule is CCNC(=O)N(CC)CCC(=O)O. The lowest BCUT2D eigenvalue weighted by Crippen LogP contribution is -2.40. The zero-order valence-electron chi connectivity index (χ0n) is 8.04. The first kappa shape index (κ1) is 11.7. The third-order valence-corrected chi connectivity index (χ3v) is 1.59. The minimum Gasteiger partial charge on any atom is -0.481 e. The quantitative estimate of drug-likeness (QED) is 0.660. The van der Waals surface area contributed by atoms with Crippen LogP contribution in [0.1, 0.15) is 20.3 Å². The highest BCUT2D eigenvalue weighted by Gasteiger charge is 2.10. The number of urea groups is 1. The fraction of sp³-hybridized carbons (Fsp3) is 0.750. The molecule has 0 saturated heterocycles. The van der Waals surface area contributed by atoms with E-state index < -0.39 is 5.97 Å². The number of hydrogen-bond acceptors (Lipinski definition) is 2. The van der Waals surface area contributed by atoms with Gasteiger partial charge < -0.3 is 15.3 Å². The van der Waals surface area contributed by atoms with Crippen molar-refractivity contribution >= 4 is 12.0 Å². The standard InChI is InChI=1S/C8H16N2O3/c1-3-9-8(13)10(4-2)6-5-7(11)12/h3-6H2,1-2H3,(H,9,13)(H,11,12). The van der Waals surface area contributed by atoms with Crippen LogP contribution in [0.3, 0.4) is 0 Å². The Morgan fingerprint density at radius 1 is 1.38 bits per heavy atom. The first-order valence-electron chi connectivity index (χ1n) is 4.36. The van der Waals surface area contributed by atoms with E-state index in [2.05, 4.69) is 5.32 Å². The van der Waals surface area contributed by atoms with E-state index in [-0.39, 0.29) is 19.0 Å². The average Bonchev–Trinajstić information content (AvgIpc) is 2.05. The molecule has 76 valence electrons. The third kappa shape index (κ3) is 5.05. The molecule has 0 aliphatic carbocycles. The van der Waals surface area contributed by atoms with Crippen molar-refractivity contribution in [1.29, 1.82) is 0 Å². The molecule has 0 radical (unpaired) electrons. The van der Waals surface area contributed by atoms with E-state index in [0.717, 1.165) is 0 Å². The van der Waals surface area contributed by atoms with Crippen LogP contribution in [-0.4, -0.2) is 41.6 Å². The maximum Gasteiger partial charge on any atom is 0.317 e. The monoisotopic (exact) mass is 188 g/mol.